The van der Waals surface area contributed by atoms with Crippen molar-refractivity contribution in [2.24, 2.45) is 11.3 Å². The largest absolute Gasteiger partial charge is 0.481 e. The Morgan fingerprint density at radius 3 is 1.93 bits per heavy atom. The van der Waals surface area contributed by atoms with Crippen LogP contribution in [0.1, 0.15) is 40.0 Å². The van der Waals surface area contributed by atoms with Crippen LogP contribution in [0.2, 0.25) is 0 Å². The summed E-state index contributed by atoms with van der Waals surface area (Å²) in [5, 5.41) is 17.2. The lowest BCUT2D eigenvalue weighted by atomic mass is 9.76. The molecule has 0 aliphatic carbocycles. The fraction of sp³-hybridized carbons (Fsp3) is 0.800. The van der Waals surface area contributed by atoms with Crippen LogP contribution in [-0.2, 0) is 9.59 Å². The first-order chi connectivity index (χ1) is 6.23. The number of hydrogen-bond donors (Lipinski definition) is 2. The Bertz CT molecular complexity index is 215. The van der Waals surface area contributed by atoms with E-state index in [-0.39, 0.29) is 24.2 Å². The number of aliphatic carboxylic acids is 2. The van der Waals surface area contributed by atoms with E-state index in [9.17, 15) is 9.59 Å². The molecule has 4 nitrogen and oxygen atoms in total. The molecule has 1 atom stereocenters. The fourth-order valence-corrected chi connectivity index (χ4v) is 1.35. The van der Waals surface area contributed by atoms with E-state index in [0.29, 0.717) is 6.42 Å². The van der Waals surface area contributed by atoms with Crippen LogP contribution in [0.4, 0.5) is 0 Å². The molecule has 0 saturated carbocycles. The van der Waals surface area contributed by atoms with Crippen molar-refractivity contribution in [3.8, 4) is 0 Å². The van der Waals surface area contributed by atoms with E-state index in [0.717, 1.165) is 0 Å². The zero-order valence-electron chi connectivity index (χ0n) is 8.91. The van der Waals surface area contributed by atoms with E-state index in [1.54, 1.807) is 0 Å². The molecule has 0 aliphatic heterocycles. The van der Waals surface area contributed by atoms with Crippen molar-refractivity contribution < 1.29 is 19.8 Å². The molecule has 0 bridgehead atoms. The second kappa shape index (κ2) is 4.98. The van der Waals surface area contributed by atoms with Gasteiger partial charge in [-0.15, -0.1) is 0 Å². The predicted octanol–water partition coefficient (Wildman–Crippen LogP) is 1.99. The highest BCUT2D eigenvalue weighted by Crippen LogP contribution is 2.32. The predicted molar refractivity (Wildman–Crippen MR) is 52.1 cm³/mol. The van der Waals surface area contributed by atoms with Gasteiger partial charge in [0.1, 0.15) is 0 Å². The molecule has 0 aromatic carbocycles. The maximum Gasteiger partial charge on any atom is 0.303 e. The SMILES string of the molecule is CC(C)(C)[C@H](CCC(=O)O)CC(=O)O. The number of carboxylic acid groups (broad SMARTS) is 2. The molecule has 0 fully saturated rings. The van der Waals surface area contributed by atoms with E-state index in [1.807, 2.05) is 20.8 Å². The topological polar surface area (TPSA) is 74.6 Å². The molecule has 0 unspecified atom stereocenters. The third-order valence-corrected chi connectivity index (χ3v) is 2.35. The summed E-state index contributed by atoms with van der Waals surface area (Å²) in [5.74, 6) is -1.82. The van der Waals surface area contributed by atoms with Crippen molar-refractivity contribution in [1.29, 1.82) is 0 Å². The molecule has 0 amide bonds. The zero-order chi connectivity index (χ0) is 11.4. The van der Waals surface area contributed by atoms with Crippen LogP contribution in [0.5, 0.6) is 0 Å². The van der Waals surface area contributed by atoms with Crippen LogP contribution in [0, 0.1) is 11.3 Å². The monoisotopic (exact) mass is 202 g/mol. The summed E-state index contributed by atoms with van der Waals surface area (Å²) in [4.78, 5) is 20.9. The van der Waals surface area contributed by atoms with E-state index in [4.69, 9.17) is 10.2 Å². The van der Waals surface area contributed by atoms with Crippen molar-refractivity contribution >= 4 is 11.9 Å². The van der Waals surface area contributed by atoms with Gasteiger partial charge < -0.3 is 10.2 Å². The van der Waals surface area contributed by atoms with Gasteiger partial charge in [-0.25, -0.2) is 0 Å². The maximum atomic E-state index is 10.6. The molecule has 82 valence electrons. The lowest BCUT2D eigenvalue weighted by Crippen LogP contribution is -2.24. The highest BCUT2D eigenvalue weighted by atomic mass is 16.4. The highest BCUT2D eigenvalue weighted by Gasteiger charge is 2.27. The Hall–Kier alpha value is -1.06. The standard InChI is InChI=1S/C10H18O4/c1-10(2,3)7(6-9(13)14)4-5-8(11)12/h7H,4-6H2,1-3H3,(H,11,12)(H,13,14)/t7-/m1/s1. The summed E-state index contributed by atoms with van der Waals surface area (Å²) in [6, 6.07) is 0. The quantitative estimate of drug-likeness (QED) is 0.714. The molecule has 0 aromatic rings. The van der Waals surface area contributed by atoms with Gasteiger partial charge in [-0.3, -0.25) is 9.59 Å². The average molecular weight is 202 g/mol. The van der Waals surface area contributed by atoms with Gasteiger partial charge in [0.2, 0.25) is 0 Å². The van der Waals surface area contributed by atoms with Gasteiger partial charge in [0.15, 0.2) is 0 Å². The van der Waals surface area contributed by atoms with E-state index < -0.39 is 11.9 Å². The zero-order valence-corrected chi connectivity index (χ0v) is 8.91. The minimum absolute atomic E-state index is 0.0369. The molecule has 0 aromatic heterocycles. The van der Waals surface area contributed by atoms with Crippen LogP contribution >= 0.6 is 0 Å². The first-order valence-electron chi connectivity index (χ1n) is 4.67. The summed E-state index contributed by atoms with van der Waals surface area (Å²) in [5.41, 5.74) is -0.159. The van der Waals surface area contributed by atoms with Crippen molar-refractivity contribution in [1.82, 2.24) is 0 Å². The second-order valence-corrected chi connectivity index (χ2v) is 4.59. The Labute approximate surface area is 83.9 Å². The number of carboxylic acids is 2. The first-order valence-corrected chi connectivity index (χ1v) is 4.67. The van der Waals surface area contributed by atoms with Gasteiger partial charge in [-0.1, -0.05) is 20.8 Å². The van der Waals surface area contributed by atoms with Crippen LogP contribution < -0.4 is 0 Å². The minimum Gasteiger partial charge on any atom is -0.481 e. The molecular formula is C10H18O4. The molecule has 0 spiro atoms. The summed E-state index contributed by atoms with van der Waals surface area (Å²) in [7, 11) is 0. The van der Waals surface area contributed by atoms with Crippen molar-refractivity contribution in [2.45, 2.75) is 40.0 Å². The highest BCUT2D eigenvalue weighted by molar-refractivity contribution is 5.68. The third-order valence-electron chi connectivity index (χ3n) is 2.35. The molecule has 2 N–H and O–H groups in total. The fourth-order valence-electron chi connectivity index (χ4n) is 1.35. The molecule has 0 saturated heterocycles. The number of hydrogen-bond acceptors (Lipinski definition) is 2. The first kappa shape index (κ1) is 12.9. The molecule has 0 aliphatic rings. The molecule has 0 heterocycles. The smallest absolute Gasteiger partial charge is 0.303 e. The lowest BCUT2D eigenvalue weighted by molar-refractivity contribution is -0.141. The Morgan fingerprint density at radius 1 is 1.14 bits per heavy atom. The van der Waals surface area contributed by atoms with Crippen LogP contribution in [0.15, 0.2) is 0 Å². The molecule has 4 heteroatoms. The van der Waals surface area contributed by atoms with Gasteiger partial charge in [-0.05, 0) is 17.8 Å². The van der Waals surface area contributed by atoms with Gasteiger partial charge >= 0.3 is 11.9 Å². The van der Waals surface area contributed by atoms with Crippen LogP contribution in [0.3, 0.4) is 0 Å². The summed E-state index contributed by atoms with van der Waals surface area (Å²) < 4.78 is 0. The Morgan fingerprint density at radius 2 is 1.64 bits per heavy atom. The Kier molecular flexibility index (Phi) is 4.60. The van der Waals surface area contributed by atoms with Crippen molar-refractivity contribution in [3.63, 3.8) is 0 Å². The molecular weight excluding hydrogens is 184 g/mol. The molecule has 0 radical (unpaired) electrons. The van der Waals surface area contributed by atoms with Gasteiger partial charge in [0, 0.05) is 12.8 Å². The van der Waals surface area contributed by atoms with Crippen molar-refractivity contribution in [2.75, 3.05) is 0 Å². The van der Waals surface area contributed by atoms with Gasteiger partial charge in [-0.2, -0.15) is 0 Å². The summed E-state index contributed by atoms with van der Waals surface area (Å²) in [6.07, 6.45) is 0.497. The summed E-state index contributed by atoms with van der Waals surface area (Å²) >= 11 is 0. The molecule has 14 heavy (non-hydrogen) atoms. The maximum absolute atomic E-state index is 10.6. The van der Waals surface area contributed by atoms with Crippen molar-refractivity contribution in [3.05, 3.63) is 0 Å². The van der Waals surface area contributed by atoms with Crippen LogP contribution in [0.25, 0.3) is 0 Å². The molecule has 0 rings (SSSR count). The van der Waals surface area contributed by atoms with Gasteiger partial charge in [0.25, 0.3) is 0 Å². The van der Waals surface area contributed by atoms with E-state index >= 15 is 0 Å². The van der Waals surface area contributed by atoms with E-state index in [2.05, 4.69) is 0 Å². The number of rotatable bonds is 5. The third kappa shape index (κ3) is 5.56. The minimum atomic E-state index is -0.871. The van der Waals surface area contributed by atoms with Crippen LogP contribution in [-0.4, -0.2) is 22.2 Å². The normalized spacial score (nSPS) is 13.6. The second-order valence-electron chi connectivity index (χ2n) is 4.59. The van der Waals surface area contributed by atoms with Gasteiger partial charge in [0.05, 0.1) is 0 Å². The lowest BCUT2D eigenvalue weighted by Gasteiger charge is -2.29. The number of carbonyl (C=O) groups is 2. The average Bonchev–Trinajstić information content (AvgIpc) is 1.94. The van der Waals surface area contributed by atoms with E-state index in [1.165, 1.54) is 0 Å². The summed E-state index contributed by atoms with van der Waals surface area (Å²) in [6.45, 7) is 5.80. The Balaban J connectivity index is 4.26.